The van der Waals surface area contributed by atoms with Gasteiger partial charge in [-0.2, -0.15) is 0 Å². The fourth-order valence-electron chi connectivity index (χ4n) is 3.98. The number of hydrogen-bond donors (Lipinski definition) is 1. The molecule has 1 amide bonds. The van der Waals surface area contributed by atoms with E-state index in [1.807, 2.05) is 18.2 Å². The Kier molecular flexibility index (Phi) is 6.29. The summed E-state index contributed by atoms with van der Waals surface area (Å²) in [6.07, 6.45) is 5.05. The predicted molar refractivity (Wildman–Crippen MR) is 133 cm³/mol. The molecule has 8 nitrogen and oxygen atoms in total. The maximum Gasteiger partial charge on any atom is 0.363 e. The van der Waals surface area contributed by atoms with Crippen molar-refractivity contribution in [3.8, 4) is 11.4 Å². The lowest BCUT2D eigenvalue weighted by Crippen LogP contribution is -2.48. The van der Waals surface area contributed by atoms with E-state index in [1.165, 1.54) is 4.70 Å². The molecule has 3 aromatic heterocycles. The van der Waals surface area contributed by atoms with Crippen LogP contribution >= 0.6 is 11.3 Å². The first-order valence-electron chi connectivity index (χ1n) is 10.7. The van der Waals surface area contributed by atoms with E-state index >= 15 is 0 Å². The quantitative estimate of drug-likeness (QED) is 0.445. The summed E-state index contributed by atoms with van der Waals surface area (Å²) in [5.41, 5.74) is 2.81. The van der Waals surface area contributed by atoms with Crippen LogP contribution in [-0.2, 0) is 4.65 Å². The Hall–Kier alpha value is -3.34. The second-order valence-electron chi connectivity index (χ2n) is 7.81. The number of amides is 1. The predicted octanol–water partition coefficient (Wildman–Crippen LogP) is 3.04. The Morgan fingerprint density at radius 3 is 2.85 bits per heavy atom. The number of benzene rings is 1. The molecule has 1 aromatic carbocycles. The van der Waals surface area contributed by atoms with Crippen LogP contribution in [0.1, 0.15) is 10.5 Å². The van der Waals surface area contributed by atoms with E-state index in [4.69, 9.17) is 4.65 Å². The monoisotopic (exact) mass is 458 g/mol. The van der Waals surface area contributed by atoms with Gasteiger partial charge in [-0.3, -0.25) is 9.78 Å². The normalized spacial score (nSPS) is 14.4. The molecule has 0 unspecified atom stereocenters. The zero-order chi connectivity index (χ0) is 22.6. The van der Waals surface area contributed by atoms with Crippen LogP contribution in [0.15, 0.2) is 60.4 Å². The van der Waals surface area contributed by atoms with Gasteiger partial charge in [0.1, 0.15) is 5.69 Å². The number of nitrogens with zero attached hydrogens (tertiary/aromatic N) is 5. The number of pyridine rings is 1. The smallest absolute Gasteiger partial charge is 0.363 e. The lowest BCUT2D eigenvalue weighted by atomic mass is 10.1. The van der Waals surface area contributed by atoms with Crippen LogP contribution in [0.4, 0.5) is 11.4 Å². The molecule has 1 fully saturated rings. The standard InChI is InChI=1S/C23H23BN6O2S/c1-32-24-30-11-9-29(10-12-30)20-5-7-25-15-19(20)28-23(31)18-4-8-26-22(27-18)17-2-3-21-16(14-17)6-13-33-21/h2-8,13-15,24H,9-12H2,1H3,(H,28,31). The fourth-order valence-corrected chi connectivity index (χ4v) is 4.75. The van der Waals surface area contributed by atoms with Crippen molar-refractivity contribution >= 4 is 46.3 Å². The molecule has 5 rings (SSSR count). The molecule has 4 aromatic rings. The fraction of sp³-hybridized carbons (Fsp3) is 0.217. The van der Waals surface area contributed by atoms with E-state index in [0.29, 0.717) is 24.8 Å². The van der Waals surface area contributed by atoms with Gasteiger partial charge in [-0.15, -0.1) is 11.3 Å². The van der Waals surface area contributed by atoms with Crippen molar-refractivity contribution in [3.63, 3.8) is 0 Å². The molecule has 166 valence electrons. The SMILES string of the molecule is COBN1CCN(c2ccncc2NC(=O)c2ccnc(-c3ccc4sccc4c3)n2)CC1. The number of carbonyl (C=O) groups is 1. The summed E-state index contributed by atoms with van der Waals surface area (Å²) in [6.45, 7) is 3.48. The van der Waals surface area contributed by atoms with E-state index in [1.54, 1.807) is 43.1 Å². The highest BCUT2D eigenvalue weighted by Crippen LogP contribution is 2.27. The summed E-state index contributed by atoms with van der Waals surface area (Å²) in [7, 11) is 2.34. The minimum atomic E-state index is -0.289. The number of thiophene rings is 1. The number of fused-ring (bicyclic) bond motifs is 1. The third-order valence-electron chi connectivity index (χ3n) is 5.67. The van der Waals surface area contributed by atoms with Crippen LogP contribution in [0.2, 0.25) is 0 Å². The van der Waals surface area contributed by atoms with E-state index in [9.17, 15) is 4.79 Å². The molecule has 0 spiro atoms. The molecule has 1 aliphatic rings. The summed E-state index contributed by atoms with van der Waals surface area (Å²) in [6, 6.07) is 11.7. The van der Waals surface area contributed by atoms with E-state index in [2.05, 4.69) is 47.5 Å². The number of rotatable bonds is 6. The van der Waals surface area contributed by atoms with Crippen LogP contribution in [-0.4, -0.2) is 66.6 Å². The maximum absolute atomic E-state index is 13.1. The molecule has 33 heavy (non-hydrogen) atoms. The van der Waals surface area contributed by atoms with Crippen LogP contribution in [0.5, 0.6) is 0 Å². The summed E-state index contributed by atoms with van der Waals surface area (Å²) in [5.74, 6) is 0.235. The van der Waals surface area contributed by atoms with Gasteiger partial charge in [0.25, 0.3) is 5.91 Å². The molecular weight excluding hydrogens is 435 g/mol. The minimum Gasteiger partial charge on any atom is -0.427 e. The van der Waals surface area contributed by atoms with Gasteiger partial charge in [-0.25, -0.2) is 9.97 Å². The summed E-state index contributed by atoms with van der Waals surface area (Å²) in [4.78, 5) is 30.7. The third-order valence-corrected chi connectivity index (χ3v) is 6.57. The van der Waals surface area contributed by atoms with Gasteiger partial charge in [-0.05, 0) is 47.2 Å². The first kappa shape index (κ1) is 21.5. The van der Waals surface area contributed by atoms with Gasteiger partial charge < -0.3 is 19.7 Å². The average molecular weight is 458 g/mol. The van der Waals surface area contributed by atoms with Crippen LogP contribution in [0.3, 0.4) is 0 Å². The van der Waals surface area contributed by atoms with Crippen LogP contribution < -0.4 is 10.2 Å². The zero-order valence-corrected chi connectivity index (χ0v) is 19.1. The van der Waals surface area contributed by atoms with Crippen molar-refractivity contribution in [2.75, 3.05) is 43.5 Å². The average Bonchev–Trinajstić information content (AvgIpc) is 3.33. The molecule has 1 saturated heterocycles. The second kappa shape index (κ2) is 9.66. The highest BCUT2D eigenvalue weighted by Gasteiger charge is 2.21. The largest absolute Gasteiger partial charge is 0.427 e. The molecule has 4 heterocycles. The third kappa shape index (κ3) is 4.73. The lowest BCUT2D eigenvalue weighted by molar-refractivity contribution is 0.102. The van der Waals surface area contributed by atoms with Crippen molar-refractivity contribution in [1.29, 1.82) is 0 Å². The van der Waals surface area contributed by atoms with E-state index < -0.39 is 0 Å². The van der Waals surface area contributed by atoms with Crippen LogP contribution in [0.25, 0.3) is 21.5 Å². The molecule has 1 N–H and O–H groups in total. The number of nitrogens with one attached hydrogen (secondary N) is 1. The second-order valence-corrected chi connectivity index (χ2v) is 8.76. The highest BCUT2D eigenvalue weighted by molar-refractivity contribution is 7.17. The first-order valence-corrected chi connectivity index (χ1v) is 11.6. The summed E-state index contributed by atoms with van der Waals surface area (Å²) in [5, 5.41) is 6.19. The van der Waals surface area contributed by atoms with Gasteiger partial charge >= 0.3 is 7.62 Å². The topological polar surface area (TPSA) is 83.5 Å². The van der Waals surface area contributed by atoms with E-state index in [-0.39, 0.29) is 5.91 Å². The zero-order valence-electron chi connectivity index (χ0n) is 18.3. The Balaban J connectivity index is 1.34. The first-order chi connectivity index (χ1) is 16.2. The van der Waals surface area contributed by atoms with Crippen molar-refractivity contribution in [2.24, 2.45) is 0 Å². The summed E-state index contributed by atoms with van der Waals surface area (Å²) < 4.78 is 6.44. The summed E-state index contributed by atoms with van der Waals surface area (Å²) >= 11 is 1.69. The number of anilines is 2. The highest BCUT2D eigenvalue weighted by atomic mass is 32.1. The van der Waals surface area contributed by atoms with Crippen LogP contribution in [0, 0.1) is 0 Å². The number of piperazine rings is 1. The molecule has 0 saturated carbocycles. The number of hydrogen-bond acceptors (Lipinski definition) is 8. The van der Waals surface area contributed by atoms with Gasteiger partial charge in [-0.1, -0.05) is 0 Å². The molecule has 0 atom stereocenters. The Morgan fingerprint density at radius 1 is 1.12 bits per heavy atom. The van der Waals surface area contributed by atoms with E-state index in [0.717, 1.165) is 42.8 Å². The van der Waals surface area contributed by atoms with Gasteiger partial charge in [0.2, 0.25) is 0 Å². The Bertz CT molecular complexity index is 1270. The molecule has 0 aliphatic carbocycles. The van der Waals surface area contributed by atoms with Gasteiger partial charge in [0, 0.05) is 55.9 Å². The molecule has 10 heteroatoms. The van der Waals surface area contributed by atoms with Crippen molar-refractivity contribution < 1.29 is 9.45 Å². The van der Waals surface area contributed by atoms with Gasteiger partial charge in [0.05, 0.1) is 17.6 Å². The molecular formula is C23H23BN6O2S. The lowest BCUT2D eigenvalue weighted by Gasteiger charge is -2.36. The Morgan fingerprint density at radius 2 is 2.00 bits per heavy atom. The Labute approximate surface area is 196 Å². The molecule has 0 bridgehead atoms. The van der Waals surface area contributed by atoms with Crippen molar-refractivity contribution in [1.82, 2.24) is 19.8 Å². The number of aromatic nitrogens is 3. The molecule has 1 aliphatic heterocycles. The van der Waals surface area contributed by atoms with Crippen molar-refractivity contribution in [2.45, 2.75) is 0 Å². The van der Waals surface area contributed by atoms with Gasteiger partial charge in [0.15, 0.2) is 5.82 Å². The molecule has 0 radical (unpaired) electrons. The van der Waals surface area contributed by atoms with Crippen molar-refractivity contribution in [3.05, 3.63) is 66.1 Å². The number of carbonyl (C=O) groups excluding carboxylic acids is 1. The minimum absolute atomic E-state index is 0.289. The maximum atomic E-state index is 13.1.